The van der Waals surface area contributed by atoms with Crippen molar-refractivity contribution in [3.05, 3.63) is 128 Å². The zero-order valence-corrected chi connectivity index (χ0v) is 39.2. The molecule has 0 atom stereocenters. The Labute approximate surface area is 373 Å². The van der Waals surface area contributed by atoms with Crippen molar-refractivity contribution in [2.24, 2.45) is 0 Å². The monoisotopic (exact) mass is 840 g/mol. The molecule has 8 bridgehead atoms. The van der Waals surface area contributed by atoms with E-state index in [0.717, 1.165) is 126 Å². The number of benzene rings is 5. The normalized spacial score (nSPS) is 12.3. The van der Waals surface area contributed by atoms with Crippen molar-refractivity contribution in [3.63, 3.8) is 0 Å². The van der Waals surface area contributed by atoms with Gasteiger partial charge in [-0.25, -0.2) is 0 Å². The molecule has 0 heterocycles. The summed E-state index contributed by atoms with van der Waals surface area (Å²) in [4.78, 5) is 2.61. The third-order valence-electron chi connectivity index (χ3n) is 11.7. The van der Waals surface area contributed by atoms with Crippen molar-refractivity contribution >= 4 is 5.69 Å². The molecule has 1 N–H and O–H groups in total. The summed E-state index contributed by atoms with van der Waals surface area (Å²) >= 11 is 0. The van der Waals surface area contributed by atoms with Crippen LogP contribution in [0.4, 0.5) is 5.69 Å². The van der Waals surface area contributed by atoms with Crippen LogP contribution in [-0.2, 0) is 25.7 Å². The Hall–Kier alpha value is -5.10. The predicted molar refractivity (Wildman–Crippen MR) is 259 cm³/mol. The minimum Gasteiger partial charge on any atom is -0.508 e. The molecule has 0 saturated heterocycles. The molecule has 0 spiro atoms. The Morgan fingerprint density at radius 2 is 0.790 bits per heavy atom. The van der Waals surface area contributed by atoms with Crippen LogP contribution in [0.5, 0.6) is 28.7 Å². The van der Waals surface area contributed by atoms with E-state index in [2.05, 4.69) is 121 Å². The first-order valence-electron chi connectivity index (χ1n) is 23.8. The number of hydrogen-bond donors (Lipinski definition) is 1. The quantitative estimate of drug-likeness (QED) is 0.0826. The molecule has 0 unspecified atom stereocenters. The zero-order valence-electron chi connectivity index (χ0n) is 39.2. The van der Waals surface area contributed by atoms with Crippen molar-refractivity contribution in [1.29, 1.82) is 0 Å². The Bertz CT molecular complexity index is 2210. The molecule has 332 valence electrons. The number of hydrogen-bond acceptors (Lipinski definition) is 6. The van der Waals surface area contributed by atoms with Gasteiger partial charge in [-0.3, -0.25) is 0 Å². The Morgan fingerprint density at radius 3 is 1.19 bits per heavy atom. The van der Waals surface area contributed by atoms with E-state index in [4.69, 9.17) is 18.9 Å². The number of para-hydroxylation sites is 1. The number of aryl methyl sites for hydroxylation is 2. The van der Waals surface area contributed by atoms with E-state index < -0.39 is 0 Å². The first-order valence-corrected chi connectivity index (χ1v) is 23.8. The highest BCUT2D eigenvalue weighted by Crippen LogP contribution is 2.43. The maximum Gasteiger partial charge on any atom is 0.126 e. The second-order valence-corrected chi connectivity index (χ2v) is 17.4. The average molecular weight is 840 g/mol. The van der Waals surface area contributed by atoms with Crippen molar-refractivity contribution in [1.82, 2.24) is 0 Å². The van der Waals surface area contributed by atoms with Crippen LogP contribution in [0.15, 0.2) is 72.8 Å². The molecule has 6 nitrogen and oxygen atoms in total. The topological polar surface area (TPSA) is 60.4 Å². The second-order valence-electron chi connectivity index (χ2n) is 17.4. The summed E-state index contributed by atoms with van der Waals surface area (Å²) in [5.74, 6) is 3.83. The maximum absolute atomic E-state index is 11.5. The van der Waals surface area contributed by atoms with Crippen LogP contribution >= 0.6 is 0 Å². The Kier molecular flexibility index (Phi) is 17.1. The molecule has 5 aromatic carbocycles. The molecule has 62 heavy (non-hydrogen) atoms. The molecule has 6 heteroatoms. The summed E-state index contributed by atoms with van der Waals surface area (Å²) in [6.45, 7) is 22.0. The lowest BCUT2D eigenvalue weighted by molar-refractivity contribution is 0.304. The third-order valence-corrected chi connectivity index (χ3v) is 11.7. The van der Waals surface area contributed by atoms with Crippen molar-refractivity contribution < 1.29 is 24.1 Å². The summed E-state index contributed by atoms with van der Waals surface area (Å²) < 4.78 is 27.3. The van der Waals surface area contributed by atoms with E-state index >= 15 is 0 Å². The lowest BCUT2D eigenvalue weighted by Crippen LogP contribution is -2.26. The molecule has 0 fully saturated rings. The van der Waals surface area contributed by atoms with Gasteiger partial charge in [0.05, 0.1) is 26.4 Å². The smallest absolute Gasteiger partial charge is 0.126 e. The van der Waals surface area contributed by atoms with E-state index in [0.29, 0.717) is 52.1 Å². The Morgan fingerprint density at radius 1 is 0.435 bits per heavy atom. The molecular formula is C56H73NO5. The molecular weight excluding hydrogens is 767 g/mol. The van der Waals surface area contributed by atoms with Gasteiger partial charge in [-0.15, -0.1) is 0 Å². The van der Waals surface area contributed by atoms with Crippen molar-refractivity contribution in [2.45, 2.75) is 132 Å². The van der Waals surface area contributed by atoms with Crippen LogP contribution in [0.2, 0.25) is 0 Å². The fourth-order valence-corrected chi connectivity index (χ4v) is 8.87. The van der Waals surface area contributed by atoms with Crippen LogP contribution < -0.4 is 23.8 Å². The number of nitrogens with zero attached hydrogens (tertiary/aromatic N) is 1. The first kappa shape index (κ1) is 46.4. The summed E-state index contributed by atoms with van der Waals surface area (Å²) in [5, 5.41) is 11.5. The van der Waals surface area contributed by atoms with Crippen LogP contribution in [0.1, 0.15) is 149 Å². The standard InChI is InChI=1S/C56H73NO5/c1-9-15-20-57(21-16-10-2)51-35-47-29-41-18-17-19-42(53(41)59-22-11-3)30-49-37-52(58)38-50(56(49)62-25-14-6)34-46-32-44(43-27-39(7)26-40(8)28-43)31-45(54(46)60-23-12-4)33-48(36-51)55(47)61-24-13-5/h17-19,26-28,31-32,35-38,58H,9-16,20-25,29-30,33-34H2,1-8H3. The maximum atomic E-state index is 11.5. The van der Waals surface area contributed by atoms with Gasteiger partial charge in [-0.1, -0.05) is 102 Å². The van der Waals surface area contributed by atoms with Gasteiger partial charge in [0.25, 0.3) is 0 Å². The number of phenolic OH excluding ortho intramolecular Hbond substituents is 1. The summed E-state index contributed by atoms with van der Waals surface area (Å²) in [5.41, 5.74) is 14.7. The number of unbranched alkanes of at least 4 members (excludes halogenated alkanes) is 2. The number of fused-ring (bicyclic) bond motifs is 8. The first-order chi connectivity index (χ1) is 30.2. The van der Waals surface area contributed by atoms with Gasteiger partial charge >= 0.3 is 0 Å². The predicted octanol–water partition coefficient (Wildman–Crippen LogP) is 13.9. The molecule has 0 aromatic heterocycles. The number of rotatable bonds is 20. The average Bonchev–Trinajstić information content (AvgIpc) is 3.24. The molecule has 0 saturated carbocycles. The van der Waals surface area contributed by atoms with E-state index in [1.54, 1.807) is 0 Å². The molecule has 0 aliphatic heterocycles. The van der Waals surface area contributed by atoms with E-state index in [9.17, 15) is 5.11 Å². The highest BCUT2D eigenvalue weighted by Gasteiger charge is 2.25. The van der Waals surface area contributed by atoms with Crippen LogP contribution in [0, 0.1) is 13.8 Å². The fourth-order valence-electron chi connectivity index (χ4n) is 8.87. The molecule has 1 aliphatic rings. The van der Waals surface area contributed by atoms with E-state index in [-0.39, 0.29) is 5.75 Å². The highest BCUT2D eigenvalue weighted by atomic mass is 16.5. The third kappa shape index (κ3) is 11.7. The van der Waals surface area contributed by atoms with Crippen LogP contribution in [-0.4, -0.2) is 44.6 Å². The SMILES string of the molecule is CCCCN(CCCC)c1cc2c(OCCC)c(c1)Cc1cc(-c3cc(C)cc(C)c3)cc(c1OCCC)Cc1cc(O)cc(c1OCCC)Cc1cccc(c1OCCC)C2. The van der Waals surface area contributed by atoms with E-state index in [1.165, 1.54) is 33.5 Å². The van der Waals surface area contributed by atoms with Gasteiger partial charge in [0, 0.05) is 66.7 Å². The highest BCUT2D eigenvalue weighted by molar-refractivity contribution is 5.71. The van der Waals surface area contributed by atoms with Gasteiger partial charge in [-0.2, -0.15) is 0 Å². The van der Waals surface area contributed by atoms with Gasteiger partial charge < -0.3 is 29.0 Å². The van der Waals surface area contributed by atoms with Crippen molar-refractivity contribution in [3.8, 4) is 39.9 Å². The minimum absolute atomic E-state index is 0.227. The van der Waals surface area contributed by atoms with Crippen molar-refractivity contribution in [2.75, 3.05) is 44.4 Å². The lowest BCUT2D eigenvalue weighted by atomic mass is 9.88. The summed E-state index contributed by atoms with van der Waals surface area (Å²) in [6.07, 6.45) is 10.5. The lowest BCUT2D eigenvalue weighted by Gasteiger charge is -2.28. The van der Waals surface area contributed by atoms with Gasteiger partial charge in [0.1, 0.15) is 28.7 Å². The number of phenols is 1. The van der Waals surface area contributed by atoms with Crippen LogP contribution in [0.3, 0.4) is 0 Å². The molecule has 5 aromatic rings. The largest absolute Gasteiger partial charge is 0.508 e. The number of aromatic hydroxyl groups is 1. The van der Waals surface area contributed by atoms with Gasteiger partial charge in [-0.05, 0) is 122 Å². The Balaban J connectivity index is 1.72. The van der Waals surface area contributed by atoms with Gasteiger partial charge in [0.2, 0.25) is 0 Å². The summed E-state index contributed by atoms with van der Waals surface area (Å²) in [6, 6.07) is 26.6. The van der Waals surface area contributed by atoms with Crippen LogP contribution in [0.25, 0.3) is 11.1 Å². The molecule has 6 rings (SSSR count). The molecule has 0 radical (unpaired) electrons. The van der Waals surface area contributed by atoms with Gasteiger partial charge in [0.15, 0.2) is 0 Å². The van der Waals surface area contributed by atoms with E-state index in [1.807, 2.05) is 12.1 Å². The second kappa shape index (κ2) is 22.8. The fraction of sp³-hybridized carbons (Fsp3) is 0.464. The minimum atomic E-state index is 0.227. The zero-order chi connectivity index (χ0) is 44.0. The summed E-state index contributed by atoms with van der Waals surface area (Å²) in [7, 11) is 0. The number of ether oxygens (including phenoxy) is 4. The molecule has 0 amide bonds. The molecule has 1 aliphatic carbocycles. The number of anilines is 1.